The highest BCUT2D eigenvalue weighted by Crippen LogP contribution is 2.30. The van der Waals surface area contributed by atoms with E-state index < -0.39 is 0 Å². The molecule has 2 nitrogen and oxygen atoms in total. The Morgan fingerprint density at radius 3 is 2.22 bits per heavy atom. The molecule has 1 heterocycles. The second kappa shape index (κ2) is 5.02. The van der Waals surface area contributed by atoms with Gasteiger partial charge in [0.2, 0.25) is 0 Å². The topological polar surface area (TPSA) is 21.3 Å². The van der Waals surface area contributed by atoms with Gasteiger partial charge < -0.3 is 10.1 Å². The summed E-state index contributed by atoms with van der Waals surface area (Å²) in [5.74, 6) is 0. The molecule has 1 aliphatic rings. The van der Waals surface area contributed by atoms with E-state index in [0.717, 1.165) is 19.8 Å². The van der Waals surface area contributed by atoms with Crippen molar-refractivity contribution in [2.24, 2.45) is 0 Å². The molecule has 1 aliphatic heterocycles. The molecular weight excluding hydrogens is 222 g/mol. The molecule has 0 saturated carbocycles. The first-order valence-electron chi connectivity index (χ1n) is 6.82. The number of aryl methyl sites for hydroxylation is 2. The minimum atomic E-state index is 0.213. The van der Waals surface area contributed by atoms with Gasteiger partial charge >= 0.3 is 0 Å². The zero-order valence-electron chi connectivity index (χ0n) is 12.3. The van der Waals surface area contributed by atoms with Gasteiger partial charge in [-0.25, -0.2) is 0 Å². The molecule has 1 atom stereocenters. The lowest BCUT2D eigenvalue weighted by Gasteiger charge is -2.29. The van der Waals surface area contributed by atoms with Gasteiger partial charge in [-0.2, -0.15) is 0 Å². The molecule has 1 unspecified atom stereocenters. The van der Waals surface area contributed by atoms with Crippen molar-refractivity contribution in [1.82, 2.24) is 5.32 Å². The lowest BCUT2D eigenvalue weighted by Crippen LogP contribution is -2.35. The minimum Gasteiger partial charge on any atom is -0.378 e. The first-order valence-corrected chi connectivity index (χ1v) is 6.82. The molecule has 18 heavy (non-hydrogen) atoms. The quantitative estimate of drug-likeness (QED) is 0.822. The van der Waals surface area contributed by atoms with Crippen LogP contribution in [0.5, 0.6) is 0 Å². The summed E-state index contributed by atoms with van der Waals surface area (Å²) in [6, 6.07) is 5.02. The number of rotatable bonds is 1. The Morgan fingerprint density at radius 2 is 1.78 bits per heavy atom. The van der Waals surface area contributed by atoms with Crippen LogP contribution in [0.15, 0.2) is 12.1 Å². The van der Waals surface area contributed by atoms with Crippen LogP contribution in [-0.4, -0.2) is 19.8 Å². The molecule has 1 aromatic rings. The first-order chi connectivity index (χ1) is 8.39. The normalized spacial score (nSPS) is 21.1. The molecule has 1 saturated heterocycles. The summed E-state index contributed by atoms with van der Waals surface area (Å²) >= 11 is 0. The van der Waals surface area contributed by atoms with Gasteiger partial charge in [0, 0.05) is 6.54 Å². The van der Waals surface area contributed by atoms with Crippen LogP contribution in [0, 0.1) is 13.8 Å². The summed E-state index contributed by atoms with van der Waals surface area (Å²) in [5, 5.41) is 3.55. The molecule has 1 N–H and O–H groups in total. The second-order valence-corrected chi connectivity index (χ2v) is 6.36. The number of hydrogen-bond donors (Lipinski definition) is 1. The summed E-state index contributed by atoms with van der Waals surface area (Å²) < 4.78 is 5.58. The third-order valence-electron chi connectivity index (χ3n) is 3.73. The molecule has 0 amide bonds. The molecule has 0 aromatic heterocycles. The van der Waals surface area contributed by atoms with Crippen LogP contribution >= 0.6 is 0 Å². The van der Waals surface area contributed by atoms with Crippen LogP contribution in [0.25, 0.3) is 0 Å². The summed E-state index contributed by atoms with van der Waals surface area (Å²) in [7, 11) is 0. The maximum atomic E-state index is 5.58. The van der Waals surface area contributed by atoms with Gasteiger partial charge in [-0.05, 0) is 41.5 Å². The molecule has 1 aromatic carbocycles. The van der Waals surface area contributed by atoms with Crippen molar-refractivity contribution in [2.75, 3.05) is 19.8 Å². The van der Waals surface area contributed by atoms with E-state index in [4.69, 9.17) is 4.74 Å². The Hall–Kier alpha value is -0.860. The van der Waals surface area contributed by atoms with Crippen molar-refractivity contribution < 1.29 is 4.74 Å². The van der Waals surface area contributed by atoms with Gasteiger partial charge in [0.1, 0.15) is 0 Å². The van der Waals surface area contributed by atoms with E-state index in [2.05, 4.69) is 52.1 Å². The van der Waals surface area contributed by atoms with Crippen molar-refractivity contribution in [3.05, 3.63) is 34.4 Å². The van der Waals surface area contributed by atoms with E-state index in [0.29, 0.717) is 6.04 Å². The van der Waals surface area contributed by atoms with Gasteiger partial charge in [0.25, 0.3) is 0 Å². The van der Waals surface area contributed by atoms with Crippen molar-refractivity contribution >= 4 is 0 Å². The number of hydrogen-bond acceptors (Lipinski definition) is 2. The molecule has 0 aliphatic carbocycles. The average Bonchev–Trinajstić information content (AvgIpc) is 2.28. The summed E-state index contributed by atoms with van der Waals surface area (Å²) in [4.78, 5) is 0. The Labute approximate surface area is 111 Å². The van der Waals surface area contributed by atoms with E-state index >= 15 is 0 Å². The van der Waals surface area contributed by atoms with Gasteiger partial charge in [-0.3, -0.25) is 0 Å². The number of ether oxygens (including phenoxy) is 1. The predicted octanol–water partition coefficient (Wildman–Crippen LogP) is 3.26. The molecule has 0 bridgehead atoms. The first kappa shape index (κ1) is 13.6. The fourth-order valence-electron chi connectivity index (χ4n) is 2.71. The van der Waals surface area contributed by atoms with Gasteiger partial charge in [0.05, 0.1) is 19.3 Å². The summed E-state index contributed by atoms with van der Waals surface area (Å²) in [6.07, 6.45) is 0. The van der Waals surface area contributed by atoms with Crippen molar-refractivity contribution in [2.45, 2.75) is 46.1 Å². The Morgan fingerprint density at radius 1 is 1.17 bits per heavy atom. The molecular formula is C16H25NO. The van der Waals surface area contributed by atoms with Crippen LogP contribution in [0.2, 0.25) is 0 Å². The molecule has 100 valence electrons. The van der Waals surface area contributed by atoms with Gasteiger partial charge in [0.15, 0.2) is 0 Å². The maximum absolute atomic E-state index is 5.58. The van der Waals surface area contributed by atoms with Crippen LogP contribution < -0.4 is 5.32 Å². The minimum absolute atomic E-state index is 0.213. The maximum Gasteiger partial charge on any atom is 0.0662 e. The molecule has 1 fully saturated rings. The van der Waals surface area contributed by atoms with Crippen molar-refractivity contribution in [1.29, 1.82) is 0 Å². The van der Waals surface area contributed by atoms with E-state index in [-0.39, 0.29) is 5.41 Å². The summed E-state index contributed by atoms with van der Waals surface area (Å²) in [5.41, 5.74) is 5.80. The third-order valence-corrected chi connectivity index (χ3v) is 3.73. The van der Waals surface area contributed by atoms with E-state index in [1.165, 1.54) is 22.3 Å². The highest BCUT2D eigenvalue weighted by molar-refractivity contribution is 5.42. The standard InChI is InChI=1S/C16H25NO/c1-11-8-13(16(3,4)5)9-12(2)15(11)14-10-18-7-6-17-14/h8-9,14,17H,6-7,10H2,1-5H3. The zero-order valence-corrected chi connectivity index (χ0v) is 12.3. The van der Waals surface area contributed by atoms with Crippen LogP contribution in [0.3, 0.4) is 0 Å². The zero-order chi connectivity index (χ0) is 13.3. The van der Waals surface area contributed by atoms with Crippen LogP contribution in [0.4, 0.5) is 0 Å². The highest BCUT2D eigenvalue weighted by atomic mass is 16.5. The van der Waals surface area contributed by atoms with Crippen molar-refractivity contribution in [3.8, 4) is 0 Å². The van der Waals surface area contributed by atoms with Crippen molar-refractivity contribution in [3.63, 3.8) is 0 Å². The predicted molar refractivity (Wildman–Crippen MR) is 76.2 cm³/mol. The van der Waals surface area contributed by atoms with Gasteiger partial charge in [-0.1, -0.05) is 32.9 Å². The number of benzene rings is 1. The monoisotopic (exact) mass is 247 g/mol. The number of nitrogens with one attached hydrogen (secondary N) is 1. The highest BCUT2D eigenvalue weighted by Gasteiger charge is 2.22. The Kier molecular flexibility index (Phi) is 3.79. The Bertz CT molecular complexity index is 402. The molecule has 2 heteroatoms. The largest absolute Gasteiger partial charge is 0.378 e. The third kappa shape index (κ3) is 2.76. The van der Waals surface area contributed by atoms with E-state index in [1.54, 1.807) is 0 Å². The smallest absolute Gasteiger partial charge is 0.0662 e. The summed E-state index contributed by atoms with van der Waals surface area (Å²) in [6.45, 7) is 13.8. The Balaban J connectivity index is 2.37. The number of morpholine rings is 1. The van der Waals surface area contributed by atoms with E-state index in [9.17, 15) is 0 Å². The van der Waals surface area contributed by atoms with Gasteiger partial charge in [-0.15, -0.1) is 0 Å². The lowest BCUT2D eigenvalue weighted by atomic mass is 9.82. The van der Waals surface area contributed by atoms with Crippen LogP contribution in [0.1, 0.15) is 49.1 Å². The fourth-order valence-corrected chi connectivity index (χ4v) is 2.71. The van der Waals surface area contributed by atoms with E-state index in [1.807, 2.05) is 0 Å². The lowest BCUT2D eigenvalue weighted by molar-refractivity contribution is 0.0765. The SMILES string of the molecule is Cc1cc(C(C)(C)C)cc(C)c1C1COCCN1. The fraction of sp³-hybridized carbons (Fsp3) is 0.625. The molecule has 0 spiro atoms. The second-order valence-electron chi connectivity index (χ2n) is 6.36. The van der Waals surface area contributed by atoms with Crippen LogP contribution in [-0.2, 0) is 10.2 Å². The average molecular weight is 247 g/mol. The molecule has 2 rings (SSSR count). The molecule has 0 radical (unpaired) electrons.